The molecule has 2 unspecified atom stereocenters. The van der Waals surface area contributed by atoms with Gasteiger partial charge in [0.2, 0.25) is 5.78 Å². The first-order chi connectivity index (χ1) is 20.7. The highest BCUT2D eigenvalue weighted by atomic mass is 32.2. The Morgan fingerprint density at radius 2 is 1.95 bits per heavy atom. The van der Waals surface area contributed by atoms with Crippen molar-refractivity contribution in [1.82, 2.24) is 19.1 Å². The van der Waals surface area contributed by atoms with E-state index in [1.165, 1.54) is 23.0 Å². The smallest absolute Gasteiger partial charge is 0.214 e. The SMILES string of the molecule is CC1=CC(Oc2ccccc2F)CC(F)=C1n1ncc(C(=O)c2cc3cc(C)c(NS(=O)N4CCOCC4)cc3[nH]2)c1N. The van der Waals surface area contributed by atoms with Crippen LogP contribution in [-0.2, 0) is 15.9 Å². The van der Waals surface area contributed by atoms with Crippen molar-refractivity contribution in [2.75, 3.05) is 36.8 Å². The van der Waals surface area contributed by atoms with E-state index in [1.807, 2.05) is 19.1 Å². The Morgan fingerprint density at radius 3 is 2.70 bits per heavy atom. The van der Waals surface area contributed by atoms with Crippen molar-refractivity contribution in [1.29, 1.82) is 0 Å². The molecule has 0 amide bonds. The van der Waals surface area contributed by atoms with Gasteiger partial charge in [0.15, 0.2) is 22.7 Å². The second-order valence-electron chi connectivity index (χ2n) is 10.4. The summed E-state index contributed by atoms with van der Waals surface area (Å²) >= 11 is -1.43. The van der Waals surface area contributed by atoms with Crippen molar-refractivity contribution in [2.45, 2.75) is 26.4 Å². The normalized spacial score (nSPS) is 18.5. The fraction of sp³-hybridized carbons (Fsp3) is 0.267. The Hall–Kier alpha value is -4.33. The van der Waals surface area contributed by atoms with Crippen molar-refractivity contribution in [2.24, 2.45) is 0 Å². The van der Waals surface area contributed by atoms with Crippen molar-refractivity contribution < 1.29 is 27.3 Å². The number of aromatic amines is 1. The van der Waals surface area contributed by atoms with Gasteiger partial charge in [-0.1, -0.05) is 12.1 Å². The number of halogens is 2. The van der Waals surface area contributed by atoms with Crippen LogP contribution in [0.3, 0.4) is 0 Å². The molecule has 0 radical (unpaired) electrons. The molecule has 3 heterocycles. The molecular weight excluding hydrogens is 578 g/mol. The van der Waals surface area contributed by atoms with Gasteiger partial charge >= 0.3 is 0 Å². The number of aromatic nitrogens is 3. The lowest BCUT2D eigenvalue weighted by Crippen LogP contribution is -2.39. The maximum absolute atomic E-state index is 15.4. The molecule has 0 saturated carbocycles. The lowest BCUT2D eigenvalue weighted by Gasteiger charge is -2.25. The Kier molecular flexibility index (Phi) is 7.86. The first-order valence-corrected chi connectivity index (χ1v) is 14.8. The summed E-state index contributed by atoms with van der Waals surface area (Å²) in [6.45, 7) is 5.74. The van der Waals surface area contributed by atoms with Gasteiger partial charge in [0.05, 0.1) is 36.4 Å². The van der Waals surface area contributed by atoms with Crippen LogP contribution in [0.1, 0.15) is 35.0 Å². The molecule has 2 aromatic heterocycles. The van der Waals surface area contributed by atoms with Crippen LogP contribution >= 0.6 is 0 Å². The first kappa shape index (κ1) is 28.8. The Labute approximate surface area is 248 Å². The maximum Gasteiger partial charge on any atom is 0.214 e. The molecule has 1 saturated heterocycles. The summed E-state index contributed by atoms with van der Waals surface area (Å²) in [4.78, 5) is 16.6. The number of ether oxygens (including phenoxy) is 2. The minimum atomic E-state index is -1.43. The van der Waals surface area contributed by atoms with E-state index in [-0.39, 0.29) is 34.9 Å². The van der Waals surface area contributed by atoms with Crippen molar-refractivity contribution in [3.8, 4) is 5.75 Å². The van der Waals surface area contributed by atoms with E-state index in [1.54, 1.807) is 35.5 Å². The largest absolute Gasteiger partial charge is 0.483 e. The zero-order chi connectivity index (χ0) is 30.2. The van der Waals surface area contributed by atoms with E-state index in [2.05, 4.69) is 14.8 Å². The summed E-state index contributed by atoms with van der Waals surface area (Å²) < 4.78 is 59.3. The fourth-order valence-electron chi connectivity index (χ4n) is 5.22. The van der Waals surface area contributed by atoms with Gasteiger partial charge in [-0.25, -0.2) is 22.0 Å². The molecule has 1 aliphatic heterocycles. The molecule has 0 bridgehead atoms. The number of anilines is 2. The number of nitrogen functional groups attached to an aromatic ring is 1. The number of para-hydroxylation sites is 1. The molecule has 1 aliphatic carbocycles. The number of rotatable bonds is 8. The van der Waals surface area contributed by atoms with Crippen LogP contribution in [0.25, 0.3) is 16.6 Å². The van der Waals surface area contributed by atoms with Gasteiger partial charge in [-0.3, -0.25) is 9.52 Å². The fourth-order valence-corrected chi connectivity index (χ4v) is 6.24. The van der Waals surface area contributed by atoms with Crippen LogP contribution in [0.4, 0.5) is 20.3 Å². The van der Waals surface area contributed by atoms with Crippen molar-refractivity contribution >= 4 is 45.1 Å². The number of fused-ring (bicyclic) bond motifs is 1. The monoisotopic (exact) mass is 608 g/mol. The second kappa shape index (κ2) is 11.7. The molecule has 0 spiro atoms. The van der Waals surface area contributed by atoms with Gasteiger partial charge in [0.1, 0.15) is 23.4 Å². The number of aryl methyl sites for hydroxylation is 1. The molecule has 4 N–H and O–H groups in total. The highest BCUT2D eigenvalue weighted by Gasteiger charge is 2.28. The zero-order valence-electron chi connectivity index (χ0n) is 23.5. The van der Waals surface area contributed by atoms with Crippen LogP contribution in [0.2, 0.25) is 0 Å². The molecule has 2 aromatic carbocycles. The highest BCUT2D eigenvalue weighted by molar-refractivity contribution is 7.84. The number of H-pyrrole nitrogens is 1. The molecule has 6 rings (SSSR count). The molecule has 2 aliphatic rings. The number of morpholine rings is 1. The lowest BCUT2D eigenvalue weighted by molar-refractivity contribution is 0.0754. The number of hydrogen-bond donors (Lipinski definition) is 3. The van der Waals surface area contributed by atoms with Crippen molar-refractivity contribution in [3.63, 3.8) is 0 Å². The quantitative estimate of drug-likeness (QED) is 0.245. The van der Waals surface area contributed by atoms with E-state index in [0.29, 0.717) is 43.1 Å². The van der Waals surface area contributed by atoms with E-state index in [9.17, 15) is 13.4 Å². The van der Waals surface area contributed by atoms with Crippen LogP contribution in [0, 0.1) is 12.7 Å². The number of carbonyl (C=O) groups excluding carboxylic acids is 1. The van der Waals surface area contributed by atoms with Crippen LogP contribution in [0.5, 0.6) is 5.75 Å². The molecule has 1 fully saturated rings. The number of carbonyl (C=O) groups is 1. The standard InChI is InChI=1S/C30H30F2N6O4S/c1-17-11-19-13-26(35-25(19)15-24(17)36-43(40)37-7-9-41-10-8-37)29(39)21-16-34-38(30(21)33)28-18(2)12-20(14-23(28)32)42-27-6-4-3-5-22(27)31/h3-6,11-13,15-16,20,35-36H,7-10,14,33H2,1-2H3. The minimum Gasteiger partial charge on any atom is -0.483 e. The van der Waals surface area contributed by atoms with E-state index < -0.39 is 34.7 Å². The van der Waals surface area contributed by atoms with Gasteiger partial charge in [-0.05, 0) is 61.4 Å². The molecule has 10 nitrogen and oxygen atoms in total. The second-order valence-corrected chi connectivity index (χ2v) is 11.6. The molecule has 224 valence electrons. The van der Waals surface area contributed by atoms with E-state index in [0.717, 1.165) is 10.9 Å². The third kappa shape index (κ3) is 5.70. The summed E-state index contributed by atoms with van der Waals surface area (Å²) in [5.74, 6) is -1.49. The first-order valence-electron chi connectivity index (χ1n) is 13.7. The van der Waals surface area contributed by atoms with Crippen LogP contribution in [-0.4, -0.2) is 61.5 Å². The summed E-state index contributed by atoms with van der Waals surface area (Å²) in [7, 11) is 0. The number of nitrogens with two attached hydrogens (primary N) is 1. The number of ketones is 1. The summed E-state index contributed by atoms with van der Waals surface area (Å²) in [5, 5.41) is 5.02. The van der Waals surface area contributed by atoms with E-state index in [4.69, 9.17) is 15.2 Å². The average molecular weight is 609 g/mol. The Morgan fingerprint density at radius 1 is 1.19 bits per heavy atom. The molecular formula is C30H30F2N6O4S. The number of allylic oxidation sites excluding steroid dienone is 2. The summed E-state index contributed by atoms with van der Waals surface area (Å²) in [5.41, 5.74) is 9.51. The summed E-state index contributed by atoms with van der Waals surface area (Å²) in [6, 6.07) is 11.3. The van der Waals surface area contributed by atoms with Crippen molar-refractivity contribution in [3.05, 3.63) is 88.8 Å². The molecule has 4 aromatic rings. The van der Waals surface area contributed by atoms with Gasteiger partial charge in [0, 0.05) is 30.4 Å². The molecule has 2 atom stereocenters. The number of nitrogens with one attached hydrogen (secondary N) is 2. The topological polar surface area (TPSA) is 127 Å². The third-order valence-electron chi connectivity index (χ3n) is 7.44. The van der Waals surface area contributed by atoms with Gasteiger partial charge < -0.3 is 20.2 Å². The predicted molar refractivity (Wildman–Crippen MR) is 161 cm³/mol. The highest BCUT2D eigenvalue weighted by Crippen LogP contribution is 2.35. The minimum absolute atomic E-state index is 0.0190. The molecule has 43 heavy (non-hydrogen) atoms. The maximum atomic E-state index is 15.4. The number of nitrogens with zero attached hydrogens (tertiary/aromatic N) is 3. The summed E-state index contributed by atoms with van der Waals surface area (Å²) in [6.07, 6.45) is 2.10. The predicted octanol–water partition coefficient (Wildman–Crippen LogP) is 4.88. The van der Waals surface area contributed by atoms with Gasteiger partial charge in [-0.15, -0.1) is 0 Å². The Bertz CT molecular complexity index is 1810. The number of hydrogen-bond acceptors (Lipinski definition) is 6. The van der Waals surface area contributed by atoms with E-state index >= 15 is 4.39 Å². The van der Waals surface area contributed by atoms with Gasteiger partial charge in [-0.2, -0.15) is 5.10 Å². The number of benzene rings is 2. The zero-order valence-corrected chi connectivity index (χ0v) is 24.3. The lowest BCUT2D eigenvalue weighted by atomic mass is 10.0. The average Bonchev–Trinajstić information content (AvgIpc) is 3.57. The third-order valence-corrected chi connectivity index (χ3v) is 8.67. The van der Waals surface area contributed by atoms with Crippen LogP contribution < -0.4 is 15.2 Å². The Balaban J connectivity index is 1.22. The molecule has 13 heteroatoms. The van der Waals surface area contributed by atoms with Gasteiger partial charge in [0.25, 0.3) is 0 Å². The van der Waals surface area contributed by atoms with Crippen LogP contribution in [0.15, 0.2) is 66.1 Å².